The van der Waals surface area contributed by atoms with Gasteiger partial charge in [-0.3, -0.25) is 0 Å². The fourth-order valence-corrected chi connectivity index (χ4v) is 4.13. The van der Waals surface area contributed by atoms with Gasteiger partial charge < -0.3 is 0 Å². The van der Waals surface area contributed by atoms with Crippen molar-refractivity contribution in [3.8, 4) is 0 Å². The van der Waals surface area contributed by atoms with E-state index in [0.717, 1.165) is 6.42 Å². The van der Waals surface area contributed by atoms with Crippen LogP contribution in [-0.4, -0.2) is 6.21 Å². The molecule has 0 N–H and O–H groups in total. The molecular formula is C27H43N3. The van der Waals surface area contributed by atoms with E-state index in [2.05, 4.69) is 65.7 Å². The van der Waals surface area contributed by atoms with Crippen LogP contribution in [0.3, 0.4) is 0 Å². The zero-order valence-corrected chi connectivity index (χ0v) is 19.5. The van der Waals surface area contributed by atoms with Crippen molar-refractivity contribution in [3.05, 3.63) is 47.5 Å². The zero-order valence-electron chi connectivity index (χ0n) is 19.5. The van der Waals surface area contributed by atoms with Crippen molar-refractivity contribution < 1.29 is 0 Å². The Morgan fingerprint density at radius 1 is 0.733 bits per heavy atom. The third-order valence-corrected chi connectivity index (χ3v) is 6.17. The molecule has 0 saturated heterocycles. The van der Waals surface area contributed by atoms with Crippen molar-refractivity contribution in [3.63, 3.8) is 0 Å². The van der Waals surface area contributed by atoms with Gasteiger partial charge in [0.25, 0.3) is 0 Å². The van der Waals surface area contributed by atoms with Gasteiger partial charge in [0.1, 0.15) is 5.54 Å². The molecule has 0 spiro atoms. The van der Waals surface area contributed by atoms with Crippen molar-refractivity contribution in [2.24, 2.45) is 15.4 Å². The van der Waals surface area contributed by atoms with Crippen LogP contribution in [0.2, 0.25) is 0 Å². The van der Waals surface area contributed by atoms with E-state index < -0.39 is 0 Å². The van der Waals surface area contributed by atoms with Crippen LogP contribution in [0.25, 0.3) is 0 Å². The van der Waals surface area contributed by atoms with Gasteiger partial charge in [0.05, 0.1) is 6.21 Å². The van der Waals surface area contributed by atoms with Crippen LogP contribution in [0.5, 0.6) is 0 Å². The van der Waals surface area contributed by atoms with Gasteiger partial charge in [-0.15, -0.1) is 5.10 Å². The summed E-state index contributed by atoms with van der Waals surface area (Å²) in [5.41, 5.74) is 2.16. The van der Waals surface area contributed by atoms with Crippen LogP contribution in [0.15, 0.2) is 51.9 Å². The number of nitrogens with zero attached hydrogens (tertiary/aromatic N) is 3. The van der Waals surface area contributed by atoms with Gasteiger partial charge in [0, 0.05) is 0 Å². The molecule has 30 heavy (non-hydrogen) atoms. The summed E-state index contributed by atoms with van der Waals surface area (Å²) in [5, 5.41) is 12.4. The molecule has 3 nitrogen and oxygen atoms in total. The molecule has 0 amide bonds. The maximum absolute atomic E-state index is 4.47. The van der Waals surface area contributed by atoms with E-state index in [1.165, 1.54) is 101 Å². The van der Waals surface area contributed by atoms with E-state index in [1.807, 2.05) is 6.21 Å². The molecule has 1 aromatic carbocycles. The van der Waals surface area contributed by atoms with Gasteiger partial charge in [-0.05, 0) is 49.8 Å². The smallest absolute Gasteiger partial charge is 0.145 e. The zero-order chi connectivity index (χ0) is 21.3. The molecule has 0 fully saturated rings. The van der Waals surface area contributed by atoms with Crippen molar-refractivity contribution in [1.29, 1.82) is 0 Å². The summed E-state index contributed by atoms with van der Waals surface area (Å²) < 4.78 is 0. The van der Waals surface area contributed by atoms with Crippen molar-refractivity contribution in [1.82, 2.24) is 0 Å². The molecule has 0 saturated carbocycles. The SMILES string of the molecule is CCCCCCCC/C=C\CCCCCCCCC1(c2ccc(C)cc2)C=NN=N1. The molecule has 0 bridgehead atoms. The molecule has 1 heterocycles. The number of aryl methyl sites for hydroxylation is 1. The summed E-state index contributed by atoms with van der Waals surface area (Å²) in [6.07, 6.45) is 26.4. The van der Waals surface area contributed by atoms with E-state index >= 15 is 0 Å². The Kier molecular flexibility index (Phi) is 12.3. The second-order valence-electron chi connectivity index (χ2n) is 8.91. The fourth-order valence-electron chi connectivity index (χ4n) is 4.13. The Balaban J connectivity index is 1.47. The maximum atomic E-state index is 4.47. The standard InChI is InChI=1S/C27H43N3/c1-3-4-5-6-7-8-9-10-11-12-13-14-15-16-17-18-23-27(24-28-30-29-27)26-21-19-25(2)20-22-26/h10-11,19-22,24H,3-9,12-18,23H2,1-2H3/b11-10-. The van der Waals surface area contributed by atoms with E-state index in [4.69, 9.17) is 0 Å². The summed E-state index contributed by atoms with van der Waals surface area (Å²) in [7, 11) is 0. The normalized spacial score (nSPS) is 18.1. The second-order valence-corrected chi connectivity index (χ2v) is 8.91. The number of rotatable bonds is 17. The lowest BCUT2D eigenvalue weighted by Gasteiger charge is -2.21. The van der Waals surface area contributed by atoms with E-state index in [1.54, 1.807) is 0 Å². The molecular weight excluding hydrogens is 366 g/mol. The quantitative estimate of drug-likeness (QED) is 0.182. The average Bonchev–Trinajstić information content (AvgIpc) is 3.24. The van der Waals surface area contributed by atoms with Gasteiger partial charge in [0.2, 0.25) is 0 Å². The van der Waals surface area contributed by atoms with Gasteiger partial charge in [0.15, 0.2) is 0 Å². The van der Waals surface area contributed by atoms with E-state index in [-0.39, 0.29) is 5.54 Å². The molecule has 3 heteroatoms. The van der Waals surface area contributed by atoms with Gasteiger partial charge in [-0.25, -0.2) is 0 Å². The summed E-state index contributed by atoms with van der Waals surface area (Å²) in [6.45, 7) is 4.40. The molecule has 2 rings (SSSR count). The molecule has 0 radical (unpaired) electrons. The largest absolute Gasteiger partial charge is 0.151 e. The second kappa shape index (κ2) is 15.1. The highest BCUT2D eigenvalue weighted by Gasteiger charge is 2.32. The third kappa shape index (κ3) is 9.36. The Morgan fingerprint density at radius 3 is 1.87 bits per heavy atom. The molecule has 1 aliphatic rings. The third-order valence-electron chi connectivity index (χ3n) is 6.17. The summed E-state index contributed by atoms with van der Waals surface area (Å²) in [5.74, 6) is 0. The highest BCUT2D eigenvalue weighted by atomic mass is 15.4. The minimum atomic E-state index is -0.325. The van der Waals surface area contributed by atoms with Crippen molar-refractivity contribution in [2.45, 2.75) is 116 Å². The van der Waals surface area contributed by atoms with Crippen molar-refractivity contribution in [2.75, 3.05) is 0 Å². The van der Waals surface area contributed by atoms with Gasteiger partial charge in [-0.1, -0.05) is 113 Å². The number of hydrogen-bond donors (Lipinski definition) is 0. The molecule has 166 valence electrons. The summed E-state index contributed by atoms with van der Waals surface area (Å²) in [4.78, 5) is 0. The molecule has 1 aromatic rings. The Labute approximate surface area is 185 Å². The van der Waals surface area contributed by atoms with Gasteiger partial charge in [-0.2, -0.15) is 5.11 Å². The number of benzene rings is 1. The topological polar surface area (TPSA) is 37.1 Å². The lowest BCUT2D eigenvalue weighted by molar-refractivity contribution is 0.492. The van der Waals surface area contributed by atoms with E-state index in [0.29, 0.717) is 0 Å². The van der Waals surface area contributed by atoms with Crippen molar-refractivity contribution >= 4 is 6.21 Å². The predicted octanol–water partition coefficient (Wildman–Crippen LogP) is 9.07. The first kappa shape index (κ1) is 24.5. The molecule has 1 atom stereocenters. The summed E-state index contributed by atoms with van der Waals surface area (Å²) >= 11 is 0. The Morgan fingerprint density at radius 2 is 1.30 bits per heavy atom. The number of unbranched alkanes of at least 4 members (excludes halogenated alkanes) is 12. The lowest BCUT2D eigenvalue weighted by atomic mass is 9.86. The van der Waals surface area contributed by atoms with Crippen LogP contribution < -0.4 is 0 Å². The first-order chi connectivity index (χ1) is 14.8. The highest BCUT2D eigenvalue weighted by molar-refractivity contribution is 5.74. The summed E-state index contributed by atoms with van der Waals surface area (Å²) in [6, 6.07) is 8.65. The van der Waals surface area contributed by atoms with Crippen LogP contribution in [0, 0.1) is 6.92 Å². The average molecular weight is 410 g/mol. The van der Waals surface area contributed by atoms with Crippen LogP contribution in [0.1, 0.15) is 114 Å². The van der Waals surface area contributed by atoms with Crippen LogP contribution >= 0.6 is 0 Å². The predicted molar refractivity (Wildman–Crippen MR) is 130 cm³/mol. The highest BCUT2D eigenvalue weighted by Crippen LogP contribution is 2.33. The molecule has 0 aliphatic carbocycles. The van der Waals surface area contributed by atoms with E-state index in [9.17, 15) is 0 Å². The van der Waals surface area contributed by atoms with Gasteiger partial charge >= 0.3 is 0 Å². The first-order valence-electron chi connectivity index (χ1n) is 12.5. The minimum absolute atomic E-state index is 0.325. The Bertz CT molecular complexity index is 631. The first-order valence-corrected chi connectivity index (χ1v) is 12.5. The fraction of sp³-hybridized carbons (Fsp3) is 0.667. The van der Waals surface area contributed by atoms with Crippen LogP contribution in [0.4, 0.5) is 0 Å². The number of hydrogen-bond acceptors (Lipinski definition) is 3. The number of allylic oxidation sites excluding steroid dienone is 2. The molecule has 1 aliphatic heterocycles. The monoisotopic (exact) mass is 409 g/mol. The molecule has 0 aromatic heterocycles. The van der Waals surface area contributed by atoms with Crippen LogP contribution in [-0.2, 0) is 5.54 Å². The lowest BCUT2D eigenvalue weighted by Crippen LogP contribution is -2.23. The maximum Gasteiger partial charge on any atom is 0.145 e. The molecule has 1 unspecified atom stereocenters. The minimum Gasteiger partial charge on any atom is -0.151 e. The Hall–Kier alpha value is -1.77.